The molecule has 1 amide bonds. The lowest BCUT2D eigenvalue weighted by molar-refractivity contribution is -0.137. The van der Waals surface area contributed by atoms with E-state index in [1.54, 1.807) is 0 Å². The van der Waals surface area contributed by atoms with Gasteiger partial charge < -0.3 is 16.4 Å². The first-order chi connectivity index (χ1) is 15.3. The third-order valence-corrected chi connectivity index (χ3v) is 5.58. The largest absolute Gasteiger partial charge is 0.416 e. The van der Waals surface area contributed by atoms with Gasteiger partial charge in [0.2, 0.25) is 0 Å². The predicted octanol–water partition coefficient (Wildman–Crippen LogP) is 5.71. The van der Waals surface area contributed by atoms with Crippen LogP contribution in [0, 0.1) is 5.92 Å². The number of nitrogens with one attached hydrogen (secondary N) is 2. The van der Waals surface area contributed by atoms with Gasteiger partial charge in [0.15, 0.2) is 0 Å². The summed E-state index contributed by atoms with van der Waals surface area (Å²) in [6.45, 7) is 3.42. The van der Waals surface area contributed by atoms with E-state index < -0.39 is 29.4 Å². The molecule has 0 saturated heterocycles. The Bertz CT molecular complexity index is 916. The Hall–Kier alpha value is -2.62. The number of carbonyl (C=O) groups is 1. The van der Waals surface area contributed by atoms with Gasteiger partial charge in [0.05, 0.1) is 22.0 Å². The maximum Gasteiger partial charge on any atom is 0.416 e. The van der Waals surface area contributed by atoms with Gasteiger partial charge in [-0.3, -0.25) is 4.79 Å². The molecule has 0 atom stereocenters. The number of hydrogen-bond donors (Lipinski definition) is 3. The second-order valence-corrected chi connectivity index (χ2v) is 8.18. The topological polar surface area (TPSA) is 67.2 Å². The molecule has 182 valence electrons. The molecular weight excluding hydrogens is 472 g/mol. The van der Waals surface area contributed by atoms with Gasteiger partial charge in [0.25, 0.3) is 5.91 Å². The van der Waals surface area contributed by atoms with Crippen LogP contribution in [-0.4, -0.2) is 24.7 Å². The number of hydrogen-bond acceptors (Lipinski definition) is 3. The lowest BCUT2D eigenvalue weighted by atomic mass is 9.86. The first-order valence-electron chi connectivity index (χ1n) is 10.1. The van der Waals surface area contributed by atoms with Crippen LogP contribution in [0.2, 0.25) is 5.02 Å². The van der Waals surface area contributed by atoms with E-state index in [1.165, 1.54) is 6.08 Å². The van der Waals surface area contributed by atoms with Crippen LogP contribution in [0.3, 0.4) is 0 Å². The number of allylic oxidation sites excluding steroid dienone is 4. The fraction of sp³-hybridized carbons (Fsp3) is 0.409. The molecule has 1 aromatic rings. The van der Waals surface area contributed by atoms with Crippen LogP contribution in [0.5, 0.6) is 0 Å². The molecule has 1 aromatic carbocycles. The molecular formula is C22H24ClF6N3O. The fourth-order valence-electron chi connectivity index (χ4n) is 3.33. The van der Waals surface area contributed by atoms with Crippen LogP contribution in [-0.2, 0) is 6.18 Å². The summed E-state index contributed by atoms with van der Waals surface area (Å²) in [5.41, 5.74) is 3.57. The molecule has 1 aliphatic rings. The monoisotopic (exact) mass is 495 g/mol. The molecule has 0 unspecified atom stereocenters. The predicted molar refractivity (Wildman–Crippen MR) is 114 cm³/mol. The van der Waals surface area contributed by atoms with E-state index in [0.29, 0.717) is 19.4 Å². The molecule has 0 aromatic heterocycles. The number of alkyl halides is 6. The second kappa shape index (κ2) is 11.0. The molecule has 1 saturated carbocycles. The van der Waals surface area contributed by atoms with Gasteiger partial charge >= 0.3 is 12.4 Å². The molecule has 11 heteroatoms. The minimum atomic E-state index is -4.58. The number of nitrogens with two attached hydrogens (primary N) is 1. The van der Waals surface area contributed by atoms with Crippen molar-refractivity contribution in [1.29, 1.82) is 0 Å². The molecule has 0 radical (unpaired) electrons. The molecule has 0 bridgehead atoms. The lowest BCUT2D eigenvalue weighted by Gasteiger charge is -2.29. The van der Waals surface area contributed by atoms with Crippen molar-refractivity contribution in [1.82, 2.24) is 10.6 Å². The standard InChI is InChI=1S/C22H24ClF6N3O/c1-13(21(24,25)26)3-2-4-19(30)31-12-14-5-8-16(9-6-14)32-20(33)17-11-15(22(27,28)29)7-10-18(17)23/h2-4,7,10-11,14,16,31H,1,5-6,8-9,12,30H2,(H,32,33)/b3-2-,19-4+/t14-,16-. The zero-order valence-corrected chi connectivity index (χ0v) is 18.2. The van der Waals surface area contributed by atoms with Crippen LogP contribution in [0.4, 0.5) is 26.3 Å². The van der Waals surface area contributed by atoms with Crippen molar-refractivity contribution < 1.29 is 31.1 Å². The van der Waals surface area contributed by atoms with Crippen LogP contribution in [0.15, 0.2) is 54.4 Å². The molecule has 0 aliphatic heterocycles. The van der Waals surface area contributed by atoms with Crippen molar-refractivity contribution in [2.24, 2.45) is 11.7 Å². The molecule has 1 aliphatic carbocycles. The number of halogens is 7. The summed E-state index contributed by atoms with van der Waals surface area (Å²) in [6.07, 6.45) is -3.11. The molecule has 1 fully saturated rings. The third-order valence-electron chi connectivity index (χ3n) is 5.25. The molecule has 0 heterocycles. The fourth-order valence-corrected chi connectivity index (χ4v) is 3.54. The average Bonchev–Trinajstić information content (AvgIpc) is 2.71. The van der Waals surface area contributed by atoms with Crippen molar-refractivity contribution in [2.75, 3.05) is 6.54 Å². The Kier molecular flexibility index (Phi) is 8.88. The minimum absolute atomic E-state index is 0.0616. The summed E-state index contributed by atoms with van der Waals surface area (Å²) in [7, 11) is 0. The number of carbonyl (C=O) groups excluding carboxylic acids is 1. The summed E-state index contributed by atoms with van der Waals surface area (Å²) >= 11 is 5.91. The van der Waals surface area contributed by atoms with E-state index in [1.807, 2.05) is 0 Å². The molecule has 0 spiro atoms. The van der Waals surface area contributed by atoms with Gasteiger partial charge in [0, 0.05) is 18.2 Å². The minimum Gasteiger partial charge on any atom is -0.386 e. The first kappa shape index (κ1) is 26.6. The average molecular weight is 496 g/mol. The van der Waals surface area contributed by atoms with Gasteiger partial charge in [-0.15, -0.1) is 0 Å². The van der Waals surface area contributed by atoms with Gasteiger partial charge in [-0.2, -0.15) is 26.3 Å². The van der Waals surface area contributed by atoms with E-state index in [0.717, 1.165) is 43.2 Å². The molecule has 33 heavy (non-hydrogen) atoms. The summed E-state index contributed by atoms with van der Waals surface area (Å²) in [6, 6.07) is 2.40. The summed E-state index contributed by atoms with van der Waals surface area (Å²) in [4.78, 5) is 12.4. The van der Waals surface area contributed by atoms with E-state index in [9.17, 15) is 31.1 Å². The van der Waals surface area contributed by atoms with Crippen molar-refractivity contribution in [3.8, 4) is 0 Å². The van der Waals surface area contributed by atoms with Crippen molar-refractivity contribution in [3.63, 3.8) is 0 Å². The van der Waals surface area contributed by atoms with Crippen LogP contribution in [0.25, 0.3) is 0 Å². The van der Waals surface area contributed by atoms with Gasteiger partial charge in [-0.05, 0) is 55.9 Å². The van der Waals surface area contributed by atoms with Gasteiger partial charge in [0.1, 0.15) is 0 Å². The van der Waals surface area contributed by atoms with Crippen molar-refractivity contribution in [3.05, 3.63) is 70.5 Å². The van der Waals surface area contributed by atoms with Crippen molar-refractivity contribution >= 4 is 17.5 Å². The number of benzene rings is 1. The molecule has 4 nitrogen and oxygen atoms in total. The first-order valence-corrected chi connectivity index (χ1v) is 10.5. The summed E-state index contributed by atoms with van der Waals surface area (Å²) in [5, 5.41) is 5.61. The van der Waals surface area contributed by atoms with E-state index in [2.05, 4.69) is 17.2 Å². The highest BCUT2D eigenvalue weighted by atomic mass is 35.5. The Morgan fingerprint density at radius 3 is 2.36 bits per heavy atom. The highest BCUT2D eigenvalue weighted by Crippen LogP contribution is 2.32. The lowest BCUT2D eigenvalue weighted by Crippen LogP contribution is -2.39. The number of amides is 1. The third kappa shape index (κ3) is 8.34. The quantitative estimate of drug-likeness (QED) is 0.335. The second-order valence-electron chi connectivity index (χ2n) is 7.77. The van der Waals surface area contributed by atoms with E-state index >= 15 is 0 Å². The Morgan fingerprint density at radius 1 is 1.15 bits per heavy atom. The van der Waals surface area contributed by atoms with Gasteiger partial charge in [-0.1, -0.05) is 30.3 Å². The summed E-state index contributed by atoms with van der Waals surface area (Å²) < 4.78 is 75.8. The maximum atomic E-state index is 12.9. The van der Waals surface area contributed by atoms with Gasteiger partial charge in [-0.25, -0.2) is 0 Å². The van der Waals surface area contributed by atoms with Crippen LogP contribution < -0.4 is 16.4 Å². The van der Waals surface area contributed by atoms with Crippen LogP contribution in [0.1, 0.15) is 41.6 Å². The Labute approximate surface area is 192 Å². The number of rotatable bonds is 7. The summed E-state index contributed by atoms with van der Waals surface area (Å²) in [5.74, 6) is -0.237. The Morgan fingerprint density at radius 2 is 1.79 bits per heavy atom. The van der Waals surface area contributed by atoms with Crippen LogP contribution >= 0.6 is 11.6 Å². The highest BCUT2D eigenvalue weighted by Gasteiger charge is 2.32. The normalized spacial score (nSPS) is 20.0. The van der Waals surface area contributed by atoms with Crippen molar-refractivity contribution in [2.45, 2.75) is 44.1 Å². The van der Waals surface area contributed by atoms with E-state index in [4.69, 9.17) is 17.3 Å². The smallest absolute Gasteiger partial charge is 0.386 e. The molecule has 4 N–H and O–H groups in total. The zero-order valence-electron chi connectivity index (χ0n) is 17.5. The maximum absolute atomic E-state index is 12.9. The zero-order chi connectivity index (χ0) is 24.8. The molecule has 2 rings (SSSR count). The highest BCUT2D eigenvalue weighted by molar-refractivity contribution is 6.33. The Balaban J connectivity index is 1.81. The van der Waals surface area contributed by atoms with E-state index in [-0.39, 0.29) is 28.4 Å². The SMILES string of the molecule is C=C(/C=C\C=C(/N)NC[C@H]1CC[C@H](NC(=O)c2cc(C(F)(F)F)ccc2Cl)CC1)C(F)(F)F.